The summed E-state index contributed by atoms with van der Waals surface area (Å²) in [4.78, 5) is 0.417. The Kier molecular flexibility index (Phi) is 5.18. The summed E-state index contributed by atoms with van der Waals surface area (Å²) in [7, 11) is -1.39. The van der Waals surface area contributed by atoms with Crippen molar-refractivity contribution in [3.63, 3.8) is 0 Å². The van der Waals surface area contributed by atoms with Crippen molar-refractivity contribution in [2.75, 3.05) is 20.1 Å². The highest BCUT2D eigenvalue weighted by Gasteiger charge is 2.28. The van der Waals surface area contributed by atoms with Crippen molar-refractivity contribution < 1.29 is 8.42 Å². The molecule has 0 atom stereocenters. The molecule has 112 valence electrons. The van der Waals surface area contributed by atoms with Crippen LogP contribution in [0.4, 0.5) is 0 Å². The Hall–Kier alpha value is -0.910. The van der Waals surface area contributed by atoms with Gasteiger partial charge in [0.05, 0.1) is 4.90 Å². The number of hydrogen-bond acceptors (Lipinski definition) is 3. The normalized spacial score (nSPS) is 18.3. The molecule has 20 heavy (non-hydrogen) atoms. The molecule has 0 spiro atoms. The van der Waals surface area contributed by atoms with Crippen LogP contribution in [0.2, 0.25) is 0 Å². The van der Waals surface area contributed by atoms with Gasteiger partial charge in [0.1, 0.15) is 0 Å². The standard InChI is InChI=1S/C15H24N2O2S/c1-3-4-13-5-7-15(8-6-13)20(18,19)17-11-9-14(16-2)10-12-17/h5-8,14,16H,3-4,9-12H2,1-2H3. The topological polar surface area (TPSA) is 49.4 Å². The number of benzene rings is 1. The largest absolute Gasteiger partial charge is 0.317 e. The lowest BCUT2D eigenvalue weighted by Gasteiger charge is -2.31. The van der Waals surface area contributed by atoms with E-state index in [4.69, 9.17) is 0 Å². The van der Waals surface area contributed by atoms with E-state index in [2.05, 4.69) is 12.2 Å². The first-order valence-electron chi connectivity index (χ1n) is 7.34. The lowest BCUT2D eigenvalue weighted by atomic mass is 10.1. The van der Waals surface area contributed by atoms with Crippen LogP contribution in [0.15, 0.2) is 29.2 Å². The van der Waals surface area contributed by atoms with Gasteiger partial charge < -0.3 is 5.32 Å². The molecule has 1 aromatic carbocycles. The molecule has 0 aliphatic carbocycles. The summed E-state index contributed by atoms with van der Waals surface area (Å²) in [6.45, 7) is 3.33. The number of sulfonamides is 1. The Morgan fingerprint density at radius 3 is 2.30 bits per heavy atom. The molecular weight excluding hydrogens is 272 g/mol. The summed E-state index contributed by atoms with van der Waals surface area (Å²) < 4.78 is 26.7. The summed E-state index contributed by atoms with van der Waals surface area (Å²) in [6, 6.07) is 7.77. The fourth-order valence-corrected chi connectivity index (χ4v) is 4.12. The van der Waals surface area contributed by atoms with Gasteiger partial charge in [0.15, 0.2) is 0 Å². The molecule has 0 unspecified atom stereocenters. The van der Waals surface area contributed by atoms with Crippen molar-refractivity contribution >= 4 is 10.0 Å². The van der Waals surface area contributed by atoms with Crippen LogP contribution >= 0.6 is 0 Å². The van der Waals surface area contributed by atoms with Crippen LogP contribution in [0.3, 0.4) is 0 Å². The average molecular weight is 296 g/mol. The Balaban J connectivity index is 2.10. The molecule has 1 aliphatic heterocycles. The van der Waals surface area contributed by atoms with E-state index < -0.39 is 10.0 Å². The highest BCUT2D eigenvalue weighted by atomic mass is 32.2. The summed E-state index contributed by atoms with van der Waals surface area (Å²) in [5.74, 6) is 0. The van der Waals surface area contributed by atoms with Crippen molar-refractivity contribution in [3.05, 3.63) is 29.8 Å². The summed E-state index contributed by atoms with van der Waals surface area (Å²) in [5, 5.41) is 3.22. The van der Waals surface area contributed by atoms with E-state index in [9.17, 15) is 8.42 Å². The highest BCUT2D eigenvalue weighted by Crippen LogP contribution is 2.21. The van der Waals surface area contributed by atoms with Crippen molar-refractivity contribution in [3.8, 4) is 0 Å². The first kappa shape index (κ1) is 15.5. The molecule has 5 heteroatoms. The molecule has 1 aliphatic rings. The molecule has 1 saturated heterocycles. The summed E-state index contributed by atoms with van der Waals surface area (Å²) >= 11 is 0. The van der Waals surface area contributed by atoms with E-state index in [-0.39, 0.29) is 0 Å². The van der Waals surface area contributed by atoms with Crippen molar-refractivity contribution in [2.45, 2.75) is 43.5 Å². The summed E-state index contributed by atoms with van der Waals surface area (Å²) in [5.41, 5.74) is 1.19. The van der Waals surface area contributed by atoms with Gasteiger partial charge in [-0.3, -0.25) is 0 Å². The minimum atomic E-state index is -3.32. The maximum Gasteiger partial charge on any atom is 0.243 e. The molecule has 4 nitrogen and oxygen atoms in total. The number of nitrogens with one attached hydrogen (secondary N) is 1. The lowest BCUT2D eigenvalue weighted by Crippen LogP contribution is -2.43. The van der Waals surface area contributed by atoms with E-state index in [1.807, 2.05) is 19.2 Å². The monoisotopic (exact) mass is 296 g/mol. The maximum atomic E-state index is 12.6. The molecule has 0 saturated carbocycles. The van der Waals surface area contributed by atoms with Gasteiger partial charge in [0, 0.05) is 19.1 Å². The van der Waals surface area contributed by atoms with E-state index in [1.54, 1.807) is 16.4 Å². The Morgan fingerprint density at radius 2 is 1.80 bits per heavy atom. The minimum absolute atomic E-state index is 0.417. The van der Waals surface area contributed by atoms with Crippen LogP contribution in [-0.2, 0) is 16.4 Å². The first-order valence-corrected chi connectivity index (χ1v) is 8.78. The molecule has 2 rings (SSSR count). The van der Waals surface area contributed by atoms with Gasteiger partial charge in [-0.15, -0.1) is 0 Å². The SMILES string of the molecule is CCCc1ccc(S(=O)(=O)N2CCC(NC)CC2)cc1. The molecule has 0 radical (unpaired) electrons. The Bertz CT molecular complexity index is 517. The van der Waals surface area contributed by atoms with Gasteiger partial charge in [-0.1, -0.05) is 25.5 Å². The quantitative estimate of drug-likeness (QED) is 0.904. The zero-order valence-corrected chi connectivity index (χ0v) is 13.1. The van der Waals surface area contributed by atoms with Gasteiger partial charge in [-0.25, -0.2) is 8.42 Å². The van der Waals surface area contributed by atoms with Gasteiger partial charge >= 0.3 is 0 Å². The number of hydrogen-bond donors (Lipinski definition) is 1. The molecule has 1 fully saturated rings. The smallest absolute Gasteiger partial charge is 0.243 e. The van der Waals surface area contributed by atoms with Crippen LogP contribution in [-0.4, -0.2) is 38.9 Å². The Labute approximate surface area is 122 Å². The van der Waals surface area contributed by atoms with Crippen LogP contribution in [0, 0.1) is 0 Å². The van der Waals surface area contributed by atoms with Gasteiger partial charge in [-0.2, -0.15) is 4.31 Å². The minimum Gasteiger partial charge on any atom is -0.317 e. The first-order chi connectivity index (χ1) is 9.57. The van der Waals surface area contributed by atoms with Crippen molar-refractivity contribution in [1.29, 1.82) is 0 Å². The third kappa shape index (κ3) is 3.40. The fraction of sp³-hybridized carbons (Fsp3) is 0.600. The number of aryl methyl sites for hydroxylation is 1. The fourth-order valence-electron chi connectivity index (χ4n) is 2.65. The second kappa shape index (κ2) is 6.70. The third-order valence-corrected chi connectivity index (χ3v) is 5.87. The van der Waals surface area contributed by atoms with Crippen LogP contribution in [0.5, 0.6) is 0 Å². The molecule has 1 aromatic rings. The van der Waals surface area contributed by atoms with Crippen LogP contribution in [0.25, 0.3) is 0 Å². The molecule has 0 aromatic heterocycles. The number of piperidine rings is 1. The Morgan fingerprint density at radius 1 is 1.20 bits per heavy atom. The van der Waals surface area contributed by atoms with Crippen molar-refractivity contribution in [2.24, 2.45) is 0 Å². The number of rotatable bonds is 5. The third-order valence-electron chi connectivity index (χ3n) is 3.96. The van der Waals surface area contributed by atoms with Crippen LogP contribution < -0.4 is 5.32 Å². The van der Waals surface area contributed by atoms with E-state index >= 15 is 0 Å². The molecular formula is C15H24N2O2S. The average Bonchev–Trinajstić information content (AvgIpc) is 2.48. The van der Waals surface area contributed by atoms with Gasteiger partial charge in [-0.05, 0) is 44.0 Å². The van der Waals surface area contributed by atoms with E-state index in [1.165, 1.54) is 5.56 Å². The second-order valence-corrected chi connectivity index (χ2v) is 7.30. The van der Waals surface area contributed by atoms with E-state index in [0.29, 0.717) is 24.0 Å². The molecule has 0 amide bonds. The highest BCUT2D eigenvalue weighted by molar-refractivity contribution is 7.89. The molecule has 1 N–H and O–H groups in total. The molecule has 0 bridgehead atoms. The number of nitrogens with zero attached hydrogens (tertiary/aromatic N) is 1. The predicted octanol–water partition coefficient (Wildman–Crippen LogP) is 2.01. The van der Waals surface area contributed by atoms with Gasteiger partial charge in [0.25, 0.3) is 0 Å². The second-order valence-electron chi connectivity index (χ2n) is 5.36. The van der Waals surface area contributed by atoms with Gasteiger partial charge in [0.2, 0.25) is 10.0 Å². The zero-order valence-electron chi connectivity index (χ0n) is 12.3. The lowest BCUT2D eigenvalue weighted by molar-refractivity contribution is 0.298. The zero-order chi connectivity index (χ0) is 14.6. The van der Waals surface area contributed by atoms with E-state index in [0.717, 1.165) is 25.7 Å². The predicted molar refractivity (Wildman–Crippen MR) is 81.3 cm³/mol. The summed E-state index contributed by atoms with van der Waals surface area (Å²) in [6.07, 6.45) is 3.82. The van der Waals surface area contributed by atoms with Crippen molar-refractivity contribution in [1.82, 2.24) is 9.62 Å². The van der Waals surface area contributed by atoms with Crippen LogP contribution in [0.1, 0.15) is 31.7 Å². The molecule has 1 heterocycles. The maximum absolute atomic E-state index is 12.6.